The van der Waals surface area contributed by atoms with Gasteiger partial charge in [0.2, 0.25) is 0 Å². The number of sulfonamides is 1. The molecule has 0 aromatic heterocycles. The molecule has 0 unspecified atom stereocenters. The summed E-state index contributed by atoms with van der Waals surface area (Å²) >= 11 is 1.56. The minimum Gasteiger partial charge on any atom is -0.352 e. The molecule has 0 saturated carbocycles. The molecule has 7 heteroatoms. The average Bonchev–Trinajstić information content (AvgIpc) is 2.82. The highest BCUT2D eigenvalue weighted by Gasteiger charge is 2.23. The molecule has 0 radical (unpaired) electrons. The van der Waals surface area contributed by atoms with Crippen LogP contribution in [0.2, 0.25) is 0 Å². The number of anilines is 1. The third-order valence-corrected chi connectivity index (χ3v) is 8.02. The molecule has 0 aliphatic rings. The Morgan fingerprint density at radius 3 is 2.30 bits per heavy atom. The van der Waals surface area contributed by atoms with Crippen LogP contribution in [0.3, 0.4) is 0 Å². The van der Waals surface area contributed by atoms with E-state index < -0.39 is 10.0 Å². The van der Waals surface area contributed by atoms with E-state index in [9.17, 15) is 13.2 Å². The SMILES string of the molecule is CCN(c1ccc(C(=O)NCCCc2cccc(C)c2)cc1)S(=O)(=O)c1ccc(SC)cc1. The number of aryl methyl sites for hydroxylation is 2. The second kappa shape index (κ2) is 11.4. The van der Waals surface area contributed by atoms with Gasteiger partial charge in [-0.1, -0.05) is 29.8 Å². The van der Waals surface area contributed by atoms with Gasteiger partial charge in [0.1, 0.15) is 0 Å². The molecule has 1 N–H and O–H groups in total. The van der Waals surface area contributed by atoms with Crippen molar-refractivity contribution in [2.75, 3.05) is 23.7 Å². The number of hydrogen-bond acceptors (Lipinski definition) is 4. The molecule has 3 aromatic carbocycles. The zero-order chi connectivity index (χ0) is 23.8. The minimum absolute atomic E-state index is 0.163. The molecular weight excluding hydrogens is 452 g/mol. The van der Waals surface area contributed by atoms with E-state index >= 15 is 0 Å². The summed E-state index contributed by atoms with van der Waals surface area (Å²) in [6, 6.07) is 21.9. The number of amides is 1. The predicted octanol–water partition coefficient (Wildman–Crippen LogP) is 5.29. The number of carbonyl (C=O) groups is 1. The number of thioether (sulfide) groups is 1. The fourth-order valence-corrected chi connectivity index (χ4v) is 5.49. The van der Waals surface area contributed by atoms with Crippen LogP contribution in [0.15, 0.2) is 82.6 Å². The average molecular weight is 483 g/mol. The van der Waals surface area contributed by atoms with Gasteiger partial charge in [-0.15, -0.1) is 11.8 Å². The van der Waals surface area contributed by atoms with Gasteiger partial charge in [-0.05, 0) is 87.0 Å². The van der Waals surface area contributed by atoms with E-state index in [0.29, 0.717) is 17.8 Å². The van der Waals surface area contributed by atoms with Crippen molar-refractivity contribution in [2.24, 2.45) is 0 Å². The Morgan fingerprint density at radius 2 is 1.70 bits per heavy atom. The lowest BCUT2D eigenvalue weighted by Gasteiger charge is -2.23. The first-order valence-electron chi connectivity index (χ1n) is 11.0. The van der Waals surface area contributed by atoms with Gasteiger partial charge in [-0.3, -0.25) is 9.10 Å². The molecule has 3 rings (SSSR count). The van der Waals surface area contributed by atoms with Gasteiger partial charge in [-0.25, -0.2) is 8.42 Å². The fourth-order valence-electron chi connectivity index (χ4n) is 3.61. The quantitative estimate of drug-likeness (QED) is 0.315. The maximum Gasteiger partial charge on any atom is 0.264 e. The molecule has 0 bridgehead atoms. The Labute approximate surface area is 201 Å². The van der Waals surface area contributed by atoms with Crippen LogP contribution in [-0.2, 0) is 16.4 Å². The van der Waals surface area contributed by atoms with Gasteiger partial charge in [0.15, 0.2) is 0 Å². The molecular formula is C26H30N2O3S2. The lowest BCUT2D eigenvalue weighted by atomic mass is 10.1. The standard InChI is InChI=1S/C26H30N2O3S2/c1-4-28(33(30,31)25-16-14-24(32-3)15-17-25)23-12-10-22(11-13-23)26(29)27-18-6-9-21-8-5-7-20(2)19-21/h5,7-8,10-17,19H,4,6,9,18H2,1-3H3,(H,27,29). The summed E-state index contributed by atoms with van der Waals surface area (Å²) in [5.41, 5.74) is 3.53. The Hall–Kier alpha value is -2.77. The molecule has 174 valence electrons. The van der Waals surface area contributed by atoms with Crippen molar-refractivity contribution in [2.45, 2.75) is 36.5 Å². The van der Waals surface area contributed by atoms with Gasteiger partial charge in [0, 0.05) is 23.5 Å². The molecule has 0 fully saturated rings. The highest BCUT2D eigenvalue weighted by molar-refractivity contribution is 7.98. The van der Waals surface area contributed by atoms with Crippen LogP contribution < -0.4 is 9.62 Å². The van der Waals surface area contributed by atoms with Gasteiger partial charge in [0.05, 0.1) is 10.6 Å². The summed E-state index contributed by atoms with van der Waals surface area (Å²) in [6.45, 7) is 4.73. The van der Waals surface area contributed by atoms with Crippen molar-refractivity contribution in [3.05, 3.63) is 89.5 Å². The van der Waals surface area contributed by atoms with Crippen molar-refractivity contribution in [3.8, 4) is 0 Å². The first-order chi connectivity index (χ1) is 15.8. The summed E-state index contributed by atoms with van der Waals surface area (Å²) in [5, 5.41) is 2.94. The van der Waals surface area contributed by atoms with E-state index in [1.807, 2.05) is 12.3 Å². The third-order valence-electron chi connectivity index (χ3n) is 5.36. The lowest BCUT2D eigenvalue weighted by molar-refractivity contribution is 0.0953. The number of nitrogens with one attached hydrogen (secondary N) is 1. The number of benzene rings is 3. The smallest absolute Gasteiger partial charge is 0.264 e. The Morgan fingerprint density at radius 1 is 1.00 bits per heavy atom. The molecule has 0 saturated heterocycles. The van der Waals surface area contributed by atoms with E-state index in [2.05, 4.69) is 30.4 Å². The monoisotopic (exact) mass is 482 g/mol. The van der Waals surface area contributed by atoms with Gasteiger partial charge in [-0.2, -0.15) is 0 Å². The Kier molecular flexibility index (Phi) is 8.58. The van der Waals surface area contributed by atoms with Crippen molar-refractivity contribution in [1.82, 2.24) is 5.32 Å². The van der Waals surface area contributed by atoms with E-state index in [0.717, 1.165) is 17.7 Å². The maximum atomic E-state index is 13.1. The van der Waals surface area contributed by atoms with E-state index in [1.54, 1.807) is 67.2 Å². The molecule has 0 atom stereocenters. The molecule has 1 amide bonds. The highest BCUT2D eigenvalue weighted by Crippen LogP contribution is 2.25. The van der Waals surface area contributed by atoms with Gasteiger partial charge >= 0.3 is 0 Å². The van der Waals surface area contributed by atoms with Crippen LogP contribution in [0.5, 0.6) is 0 Å². The number of nitrogens with zero attached hydrogens (tertiary/aromatic N) is 1. The van der Waals surface area contributed by atoms with Crippen LogP contribution in [0.4, 0.5) is 5.69 Å². The molecule has 3 aromatic rings. The number of hydrogen-bond donors (Lipinski definition) is 1. The van der Waals surface area contributed by atoms with Crippen molar-refractivity contribution in [3.63, 3.8) is 0 Å². The van der Waals surface area contributed by atoms with Crippen LogP contribution in [-0.4, -0.2) is 33.7 Å². The summed E-state index contributed by atoms with van der Waals surface area (Å²) in [7, 11) is -3.69. The molecule has 0 heterocycles. The maximum absolute atomic E-state index is 13.1. The van der Waals surface area contributed by atoms with Crippen molar-refractivity contribution in [1.29, 1.82) is 0 Å². The van der Waals surface area contributed by atoms with E-state index in [1.165, 1.54) is 15.4 Å². The summed E-state index contributed by atoms with van der Waals surface area (Å²) in [6.07, 6.45) is 3.70. The van der Waals surface area contributed by atoms with Crippen molar-refractivity contribution >= 4 is 33.4 Å². The van der Waals surface area contributed by atoms with Crippen LogP contribution >= 0.6 is 11.8 Å². The molecule has 33 heavy (non-hydrogen) atoms. The summed E-state index contributed by atoms with van der Waals surface area (Å²) < 4.78 is 27.6. The Bertz CT molecular complexity index is 1170. The largest absolute Gasteiger partial charge is 0.352 e. The summed E-state index contributed by atoms with van der Waals surface area (Å²) in [4.78, 5) is 13.7. The predicted molar refractivity (Wildman–Crippen MR) is 137 cm³/mol. The molecule has 0 aliphatic heterocycles. The van der Waals surface area contributed by atoms with Gasteiger partial charge < -0.3 is 5.32 Å². The van der Waals surface area contributed by atoms with Crippen LogP contribution in [0, 0.1) is 6.92 Å². The van der Waals surface area contributed by atoms with Crippen LogP contribution in [0.1, 0.15) is 34.8 Å². The van der Waals surface area contributed by atoms with Crippen molar-refractivity contribution < 1.29 is 13.2 Å². The topological polar surface area (TPSA) is 66.5 Å². The first kappa shape index (κ1) is 24.9. The second-order valence-electron chi connectivity index (χ2n) is 7.74. The normalized spacial score (nSPS) is 11.2. The zero-order valence-electron chi connectivity index (χ0n) is 19.2. The molecule has 5 nitrogen and oxygen atoms in total. The fraction of sp³-hybridized carbons (Fsp3) is 0.269. The first-order valence-corrected chi connectivity index (χ1v) is 13.6. The lowest BCUT2D eigenvalue weighted by Crippen LogP contribution is -2.31. The van der Waals surface area contributed by atoms with Crippen LogP contribution in [0.25, 0.3) is 0 Å². The van der Waals surface area contributed by atoms with Gasteiger partial charge in [0.25, 0.3) is 15.9 Å². The molecule has 0 spiro atoms. The minimum atomic E-state index is -3.69. The number of rotatable bonds is 10. The van der Waals surface area contributed by atoms with E-state index in [4.69, 9.17) is 0 Å². The molecule has 0 aliphatic carbocycles. The Balaban J connectivity index is 1.61. The third kappa shape index (κ3) is 6.39. The highest BCUT2D eigenvalue weighted by atomic mass is 32.2. The van der Waals surface area contributed by atoms with E-state index in [-0.39, 0.29) is 17.3 Å². The number of carbonyl (C=O) groups excluding carboxylic acids is 1. The second-order valence-corrected chi connectivity index (χ2v) is 10.5. The summed E-state index contributed by atoms with van der Waals surface area (Å²) in [5.74, 6) is -0.163. The zero-order valence-corrected chi connectivity index (χ0v) is 20.9.